The van der Waals surface area contributed by atoms with Crippen molar-refractivity contribution in [1.29, 1.82) is 0 Å². The van der Waals surface area contributed by atoms with E-state index < -0.39 is 0 Å². The molecule has 0 amide bonds. The van der Waals surface area contributed by atoms with Crippen molar-refractivity contribution in [3.8, 4) is 0 Å². The van der Waals surface area contributed by atoms with Crippen molar-refractivity contribution < 1.29 is 9.53 Å². The number of aromatic amines is 1. The molecule has 0 aromatic carbocycles. The molecule has 1 N–H and O–H groups in total. The van der Waals surface area contributed by atoms with E-state index in [1.807, 2.05) is 25.3 Å². The van der Waals surface area contributed by atoms with Crippen LogP contribution in [0.15, 0.2) is 35.8 Å². The van der Waals surface area contributed by atoms with Gasteiger partial charge in [0, 0.05) is 18.4 Å². The van der Waals surface area contributed by atoms with Gasteiger partial charge in [-0.05, 0) is 13.0 Å². The Morgan fingerprint density at radius 2 is 2.44 bits per heavy atom. The molecule has 0 unspecified atom stereocenters. The number of methoxy groups -OCH3 is 1. The molecule has 0 atom stereocenters. The molecule has 0 spiro atoms. The Kier molecular flexibility index (Phi) is 2.76. The zero-order valence-electron chi connectivity index (χ0n) is 9.23. The van der Waals surface area contributed by atoms with Crippen LogP contribution in [0.3, 0.4) is 0 Å². The maximum Gasteiger partial charge on any atom is 0.337 e. The number of carbonyl (C=O) groups excluding carboxylic acids is 1. The van der Waals surface area contributed by atoms with Crippen molar-refractivity contribution in [3.05, 3.63) is 35.8 Å². The number of H-pyrrole nitrogens is 1. The number of rotatable bonds is 2. The summed E-state index contributed by atoms with van der Waals surface area (Å²) in [5, 5.41) is 6.66. The van der Waals surface area contributed by atoms with Gasteiger partial charge in [-0.3, -0.25) is 5.10 Å². The molecule has 1 aromatic heterocycles. The Bertz CT molecular complexity index is 446. The summed E-state index contributed by atoms with van der Waals surface area (Å²) in [7, 11) is 1.38. The molecule has 5 nitrogen and oxygen atoms in total. The Morgan fingerprint density at radius 1 is 1.62 bits per heavy atom. The highest BCUT2D eigenvalue weighted by Crippen LogP contribution is 2.22. The lowest BCUT2D eigenvalue weighted by Gasteiger charge is -2.25. The molecule has 1 aromatic rings. The first-order valence-electron chi connectivity index (χ1n) is 4.95. The summed E-state index contributed by atoms with van der Waals surface area (Å²) in [5.74, 6) is -0.300. The summed E-state index contributed by atoms with van der Waals surface area (Å²) in [6, 6.07) is 0. The normalized spacial score (nSPS) is 15.5. The first-order valence-corrected chi connectivity index (χ1v) is 4.95. The largest absolute Gasteiger partial charge is 0.465 e. The van der Waals surface area contributed by atoms with Crippen LogP contribution in [-0.4, -0.2) is 29.8 Å². The van der Waals surface area contributed by atoms with Gasteiger partial charge in [-0.25, -0.2) is 4.79 Å². The van der Waals surface area contributed by atoms with Crippen LogP contribution in [0.25, 0.3) is 0 Å². The number of carbonyl (C=O) groups is 1. The lowest BCUT2D eigenvalue weighted by atomic mass is 10.1. The fourth-order valence-corrected chi connectivity index (χ4v) is 1.66. The molecule has 1 aliphatic heterocycles. The zero-order valence-corrected chi connectivity index (χ0v) is 9.23. The predicted molar refractivity (Wildman–Crippen MR) is 59.8 cm³/mol. The first kappa shape index (κ1) is 10.5. The molecular weight excluding hydrogens is 206 g/mol. The van der Waals surface area contributed by atoms with Crippen molar-refractivity contribution in [1.82, 2.24) is 10.2 Å². The maximum atomic E-state index is 11.3. The number of nitrogens with one attached hydrogen (secondary N) is 1. The Hall–Kier alpha value is -2.04. The van der Waals surface area contributed by atoms with Crippen LogP contribution in [0, 0.1) is 0 Å². The standard InChI is InChI=1S/C11H13N3O2/c1-8-5-9(11(15)16-2)3-4-14(8)10-6-12-13-7-10/h3,5-7H,4H2,1-2H3,(H,12,13). The summed E-state index contributed by atoms with van der Waals surface area (Å²) in [6.07, 6.45) is 7.21. The first-order chi connectivity index (χ1) is 7.72. The maximum absolute atomic E-state index is 11.3. The van der Waals surface area contributed by atoms with Crippen molar-refractivity contribution in [2.75, 3.05) is 18.6 Å². The van der Waals surface area contributed by atoms with Crippen LogP contribution in [0.2, 0.25) is 0 Å². The van der Waals surface area contributed by atoms with E-state index >= 15 is 0 Å². The van der Waals surface area contributed by atoms with Gasteiger partial charge in [-0.15, -0.1) is 0 Å². The van der Waals surface area contributed by atoms with Gasteiger partial charge in [-0.2, -0.15) is 5.10 Å². The molecule has 16 heavy (non-hydrogen) atoms. The molecule has 0 radical (unpaired) electrons. The molecule has 1 aliphatic rings. The predicted octanol–water partition coefficient (Wildman–Crippen LogP) is 1.23. The van der Waals surface area contributed by atoms with Gasteiger partial charge in [0.2, 0.25) is 0 Å². The van der Waals surface area contributed by atoms with E-state index in [0.717, 1.165) is 11.4 Å². The van der Waals surface area contributed by atoms with E-state index in [1.54, 1.807) is 6.20 Å². The number of aromatic nitrogens is 2. The number of allylic oxidation sites excluding steroid dienone is 1. The number of nitrogens with zero attached hydrogens (tertiary/aromatic N) is 2. The molecule has 2 rings (SSSR count). The summed E-state index contributed by atoms with van der Waals surface area (Å²) in [6.45, 7) is 2.59. The number of hydrogen-bond acceptors (Lipinski definition) is 4. The molecule has 5 heteroatoms. The van der Waals surface area contributed by atoms with Crippen molar-refractivity contribution >= 4 is 11.7 Å². The zero-order chi connectivity index (χ0) is 11.5. The summed E-state index contributed by atoms with van der Waals surface area (Å²) < 4.78 is 4.68. The second-order valence-corrected chi connectivity index (χ2v) is 3.50. The summed E-state index contributed by atoms with van der Waals surface area (Å²) >= 11 is 0. The topological polar surface area (TPSA) is 58.2 Å². The van der Waals surface area contributed by atoms with Crippen LogP contribution in [0.1, 0.15) is 6.92 Å². The average molecular weight is 219 g/mol. The molecule has 0 fully saturated rings. The molecule has 0 saturated heterocycles. The number of esters is 1. The highest BCUT2D eigenvalue weighted by Gasteiger charge is 2.17. The lowest BCUT2D eigenvalue weighted by molar-refractivity contribution is -0.135. The quantitative estimate of drug-likeness (QED) is 0.760. The summed E-state index contributed by atoms with van der Waals surface area (Å²) in [4.78, 5) is 13.4. The minimum atomic E-state index is -0.300. The SMILES string of the molecule is COC(=O)C1=CCN(c2cn[nH]c2)C(C)=C1. The monoisotopic (exact) mass is 219 g/mol. The van der Waals surface area contributed by atoms with E-state index in [-0.39, 0.29) is 5.97 Å². The smallest absolute Gasteiger partial charge is 0.337 e. The van der Waals surface area contributed by atoms with Gasteiger partial charge in [0.05, 0.1) is 24.6 Å². The lowest BCUT2D eigenvalue weighted by Crippen LogP contribution is -2.25. The minimum Gasteiger partial charge on any atom is -0.465 e. The van der Waals surface area contributed by atoms with Gasteiger partial charge >= 0.3 is 5.97 Å². The average Bonchev–Trinajstić information content (AvgIpc) is 2.81. The van der Waals surface area contributed by atoms with E-state index in [0.29, 0.717) is 12.1 Å². The van der Waals surface area contributed by atoms with Crippen LogP contribution in [-0.2, 0) is 9.53 Å². The van der Waals surface area contributed by atoms with E-state index in [4.69, 9.17) is 0 Å². The fourth-order valence-electron chi connectivity index (χ4n) is 1.66. The van der Waals surface area contributed by atoms with Crippen LogP contribution < -0.4 is 4.90 Å². The third-order valence-corrected chi connectivity index (χ3v) is 2.50. The highest BCUT2D eigenvalue weighted by atomic mass is 16.5. The fraction of sp³-hybridized carbons (Fsp3) is 0.273. The molecule has 0 bridgehead atoms. The third-order valence-electron chi connectivity index (χ3n) is 2.50. The summed E-state index contributed by atoms with van der Waals surface area (Å²) in [5.41, 5.74) is 2.57. The highest BCUT2D eigenvalue weighted by molar-refractivity contribution is 5.92. The van der Waals surface area contributed by atoms with E-state index in [2.05, 4.69) is 19.8 Å². The molecule has 84 valence electrons. The van der Waals surface area contributed by atoms with Crippen LogP contribution in [0.5, 0.6) is 0 Å². The van der Waals surface area contributed by atoms with Gasteiger partial charge < -0.3 is 9.64 Å². The molecule has 0 saturated carbocycles. The van der Waals surface area contributed by atoms with E-state index in [1.165, 1.54) is 7.11 Å². The molecule has 0 aliphatic carbocycles. The second-order valence-electron chi connectivity index (χ2n) is 3.50. The Morgan fingerprint density at radius 3 is 3.00 bits per heavy atom. The van der Waals surface area contributed by atoms with Crippen molar-refractivity contribution in [3.63, 3.8) is 0 Å². The van der Waals surface area contributed by atoms with Gasteiger partial charge in [0.15, 0.2) is 0 Å². The van der Waals surface area contributed by atoms with Crippen LogP contribution >= 0.6 is 0 Å². The van der Waals surface area contributed by atoms with Gasteiger partial charge in [0.25, 0.3) is 0 Å². The van der Waals surface area contributed by atoms with Crippen molar-refractivity contribution in [2.45, 2.75) is 6.92 Å². The second kappa shape index (κ2) is 4.22. The van der Waals surface area contributed by atoms with Crippen LogP contribution in [0.4, 0.5) is 5.69 Å². The van der Waals surface area contributed by atoms with Gasteiger partial charge in [-0.1, -0.05) is 6.08 Å². The Labute approximate surface area is 93.4 Å². The van der Waals surface area contributed by atoms with E-state index in [9.17, 15) is 4.79 Å². The number of hydrogen-bond donors (Lipinski definition) is 1. The minimum absolute atomic E-state index is 0.300. The number of anilines is 1. The Balaban J connectivity index is 2.19. The molecule has 2 heterocycles. The van der Waals surface area contributed by atoms with Crippen molar-refractivity contribution in [2.24, 2.45) is 0 Å². The van der Waals surface area contributed by atoms with Gasteiger partial charge in [0.1, 0.15) is 0 Å². The molecular formula is C11H13N3O2. The third kappa shape index (κ3) is 1.84. The number of ether oxygens (including phenoxy) is 1.